The number of nitrogens with zero attached hydrogens (tertiary/aromatic N) is 3. The summed E-state index contributed by atoms with van der Waals surface area (Å²) in [4.78, 5) is 7.48. The molecule has 0 fully saturated rings. The lowest BCUT2D eigenvalue weighted by molar-refractivity contribution is -0.137. The number of rotatable bonds is 2. The van der Waals surface area contributed by atoms with Gasteiger partial charge in [-0.25, -0.2) is 9.97 Å². The first-order valence-electron chi connectivity index (χ1n) is 4.87. The van der Waals surface area contributed by atoms with Crippen molar-refractivity contribution in [1.82, 2.24) is 14.5 Å². The maximum atomic E-state index is 13.0. The Hall–Kier alpha value is -1.48. The summed E-state index contributed by atoms with van der Waals surface area (Å²) in [5.74, 6) is -0.272. The number of hydrogen-bond donors (Lipinski definition) is 1. The molecule has 4 nitrogen and oxygen atoms in total. The van der Waals surface area contributed by atoms with Crippen LogP contribution in [0.25, 0.3) is 5.82 Å². The highest BCUT2D eigenvalue weighted by Crippen LogP contribution is 2.34. The van der Waals surface area contributed by atoms with Crippen LogP contribution in [0.15, 0.2) is 29.1 Å². The van der Waals surface area contributed by atoms with Gasteiger partial charge < -0.3 is 5.73 Å². The third-order valence-electron chi connectivity index (χ3n) is 2.23. The van der Waals surface area contributed by atoms with Crippen LogP contribution in [0.3, 0.4) is 0 Å². The fourth-order valence-electron chi connectivity index (χ4n) is 1.49. The molecule has 0 atom stereocenters. The highest BCUT2D eigenvalue weighted by atomic mass is 79.9. The molecule has 2 rings (SSSR count). The van der Waals surface area contributed by atoms with E-state index in [-0.39, 0.29) is 21.1 Å². The molecule has 0 spiro atoms. The van der Waals surface area contributed by atoms with Crippen molar-refractivity contribution in [3.05, 3.63) is 40.5 Å². The molecule has 0 radical (unpaired) electrons. The number of pyridine rings is 1. The summed E-state index contributed by atoms with van der Waals surface area (Å²) in [6.45, 7) is 0. The van der Waals surface area contributed by atoms with Gasteiger partial charge in [-0.05, 0) is 22.0 Å². The molecule has 2 aromatic heterocycles. The summed E-state index contributed by atoms with van der Waals surface area (Å²) in [6, 6.07) is 0.936. The second-order valence-corrected chi connectivity index (χ2v) is 4.86. The molecule has 2 aromatic rings. The molecule has 0 aliphatic carbocycles. The second-order valence-electron chi connectivity index (χ2n) is 3.51. The maximum absolute atomic E-state index is 13.0. The zero-order valence-corrected chi connectivity index (χ0v) is 11.6. The van der Waals surface area contributed by atoms with Crippen molar-refractivity contribution in [1.29, 1.82) is 0 Å². The fraction of sp³-hybridized carbons (Fsp3) is 0.100. The van der Waals surface area contributed by atoms with Crippen molar-refractivity contribution < 1.29 is 13.2 Å². The quantitative estimate of drug-likeness (QED) is 0.846. The van der Waals surface area contributed by atoms with E-state index in [1.807, 2.05) is 0 Å². The topological polar surface area (TPSA) is 56.7 Å². The van der Waals surface area contributed by atoms with Gasteiger partial charge in [-0.2, -0.15) is 13.2 Å². The largest absolute Gasteiger partial charge is 0.420 e. The second kappa shape index (κ2) is 4.89. The number of imidazole rings is 1. The Bertz CT molecular complexity index is 638. The van der Waals surface area contributed by atoms with E-state index < -0.39 is 11.7 Å². The normalized spacial score (nSPS) is 11.6. The van der Waals surface area contributed by atoms with Crippen LogP contribution in [-0.4, -0.2) is 19.5 Å². The van der Waals surface area contributed by atoms with Gasteiger partial charge >= 0.3 is 6.18 Å². The lowest BCUT2D eigenvalue weighted by Crippen LogP contribution is -2.19. The molecule has 2 heterocycles. The van der Waals surface area contributed by atoms with Crippen LogP contribution in [0, 0.1) is 0 Å². The number of thiocarbonyl (C=S) groups is 1. The average Bonchev–Trinajstić information content (AvgIpc) is 2.76. The highest BCUT2D eigenvalue weighted by Gasteiger charge is 2.35. The van der Waals surface area contributed by atoms with Crippen LogP contribution in [0.4, 0.5) is 13.2 Å². The first-order valence-corrected chi connectivity index (χ1v) is 6.07. The highest BCUT2D eigenvalue weighted by molar-refractivity contribution is 9.10. The van der Waals surface area contributed by atoms with Crippen LogP contribution in [0.1, 0.15) is 11.4 Å². The molecule has 9 heteroatoms. The molecule has 0 amide bonds. The molecule has 100 valence electrons. The Morgan fingerprint density at radius 3 is 2.63 bits per heavy atom. The van der Waals surface area contributed by atoms with E-state index in [1.54, 1.807) is 0 Å². The Morgan fingerprint density at radius 1 is 1.37 bits per heavy atom. The maximum Gasteiger partial charge on any atom is 0.420 e. The van der Waals surface area contributed by atoms with Gasteiger partial charge in [0, 0.05) is 23.1 Å². The lowest BCUT2D eigenvalue weighted by Gasteiger charge is -2.14. The van der Waals surface area contributed by atoms with E-state index in [0.29, 0.717) is 0 Å². The van der Waals surface area contributed by atoms with Crippen LogP contribution in [0.5, 0.6) is 0 Å². The van der Waals surface area contributed by atoms with Gasteiger partial charge in [0.15, 0.2) is 11.6 Å². The zero-order chi connectivity index (χ0) is 14.2. The third kappa shape index (κ3) is 2.76. The van der Waals surface area contributed by atoms with Crippen LogP contribution >= 0.6 is 28.1 Å². The molecular formula is C10H6BrF3N4S. The molecule has 19 heavy (non-hydrogen) atoms. The monoisotopic (exact) mass is 350 g/mol. The summed E-state index contributed by atoms with van der Waals surface area (Å²) in [7, 11) is 0. The predicted octanol–water partition coefficient (Wildman–Crippen LogP) is 2.68. The molecule has 0 aliphatic rings. The number of alkyl halides is 3. The van der Waals surface area contributed by atoms with Gasteiger partial charge in [0.25, 0.3) is 0 Å². The molecule has 0 saturated carbocycles. The summed E-state index contributed by atoms with van der Waals surface area (Å²) in [6.07, 6.45) is -0.671. The predicted molar refractivity (Wildman–Crippen MR) is 69.9 cm³/mol. The molecule has 0 bridgehead atoms. The van der Waals surface area contributed by atoms with Crippen LogP contribution < -0.4 is 5.73 Å². The molecular weight excluding hydrogens is 345 g/mol. The SMILES string of the molecule is NC(=S)c1nccn1-c1ncc(Br)cc1C(F)(F)F. The summed E-state index contributed by atoms with van der Waals surface area (Å²) >= 11 is 7.70. The molecule has 0 aromatic carbocycles. The van der Waals surface area contributed by atoms with Gasteiger partial charge in [0.1, 0.15) is 4.99 Å². The number of nitrogens with two attached hydrogens (primary N) is 1. The Labute approximate surface area is 119 Å². The van der Waals surface area contributed by atoms with Crippen molar-refractivity contribution in [3.8, 4) is 5.82 Å². The van der Waals surface area contributed by atoms with E-state index in [0.717, 1.165) is 10.6 Å². The lowest BCUT2D eigenvalue weighted by atomic mass is 10.2. The number of aromatic nitrogens is 3. The van der Waals surface area contributed by atoms with Gasteiger partial charge in [0.05, 0.1) is 5.56 Å². The van der Waals surface area contributed by atoms with Gasteiger partial charge in [-0.15, -0.1) is 0 Å². The van der Waals surface area contributed by atoms with Crippen LogP contribution in [0.2, 0.25) is 0 Å². The third-order valence-corrected chi connectivity index (χ3v) is 2.84. The van der Waals surface area contributed by atoms with E-state index in [9.17, 15) is 13.2 Å². The molecule has 0 saturated heterocycles. The minimum atomic E-state index is -4.55. The first-order chi connectivity index (χ1) is 8.80. The number of halogens is 4. The van der Waals surface area contributed by atoms with Crippen molar-refractivity contribution in [2.24, 2.45) is 5.73 Å². The molecule has 0 unspecified atom stereocenters. The summed E-state index contributed by atoms with van der Waals surface area (Å²) < 4.78 is 40.3. The van der Waals surface area contributed by atoms with Crippen molar-refractivity contribution in [3.63, 3.8) is 0 Å². The average molecular weight is 351 g/mol. The standard InChI is InChI=1S/C10H6BrF3N4S/c11-5-3-6(10(12,13)14)8(17-4-5)18-2-1-16-9(18)7(15)19/h1-4H,(H2,15,19). The summed E-state index contributed by atoms with van der Waals surface area (Å²) in [5, 5.41) is 0. The van der Waals surface area contributed by atoms with Crippen molar-refractivity contribution in [2.75, 3.05) is 0 Å². The van der Waals surface area contributed by atoms with E-state index in [4.69, 9.17) is 18.0 Å². The van der Waals surface area contributed by atoms with Gasteiger partial charge in [-0.3, -0.25) is 4.57 Å². The minimum absolute atomic E-state index is 0.0512. The van der Waals surface area contributed by atoms with Gasteiger partial charge in [0.2, 0.25) is 0 Å². The Balaban J connectivity index is 2.69. The minimum Gasteiger partial charge on any atom is -0.387 e. The van der Waals surface area contributed by atoms with E-state index in [1.165, 1.54) is 18.6 Å². The van der Waals surface area contributed by atoms with Gasteiger partial charge in [-0.1, -0.05) is 12.2 Å². The van der Waals surface area contributed by atoms with E-state index >= 15 is 0 Å². The number of hydrogen-bond acceptors (Lipinski definition) is 3. The van der Waals surface area contributed by atoms with Crippen molar-refractivity contribution >= 4 is 33.1 Å². The molecule has 0 aliphatic heterocycles. The fourth-order valence-corrected chi connectivity index (χ4v) is 1.97. The Morgan fingerprint density at radius 2 is 2.05 bits per heavy atom. The molecule has 2 N–H and O–H groups in total. The van der Waals surface area contributed by atoms with E-state index in [2.05, 4.69) is 25.9 Å². The summed E-state index contributed by atoms with van der Waals surface area (Å²) in [5.41, 5.74) is 4.51. The van der Waals surface area contributed by atoms with Crippen molar-refractivity contribution in [2.45, 2.75) is 6.18 Å². The van der Waals surface area contributed by atoms with Crippen LogP contribution in [-0.2, 0) is 6.18 Å². The first kappa shape index (κ1) is 13.9. The zero-order valence-electron chi connectivity index (χ0n) is 9.15. The smallest absolute Gasteiger partial charge is 0.387 e. The Kier molecular flexibility index (Phi) is 3.59.